The Morgan fingerprint density at radius 1 is 1.04 bits per heavy atom. The van der Waals surface area contributed by atoms with Crippen molar-refractivity contribution < 1.29 is 9.21 Å². The van der Waals surface area contributed by atoms with Gasteiger partial charge in [0, 0.05) is 24.1 Å². The minimum atomic E-state index is -0.0347. The summed E-state index contributed by atoms with van der Waals surface area (Å²) in [4.78, 5) is 16.5. The molecule has 0 fully saturated rings. The summed E-state index contributed by atoms with van der Waals surface area (Å²) in [5.41, 5.74) is 5.20. The molecule has 3 aromatic rings. The minimum Gasteiger partial charge on any atom is -0.441 e. The molecule has 1 N–H and O–H groups in total. The van der Waals surface area contributed by atoms with Gasteiger partial charge in [-0.05, 0) is 31.9 Å². The van der Waals surface area contributed by atoms with Crippen molar-refractivity contribution in [1.82, 2.24) is 4.98 Å². The van der Waals surface area contributed by atoms with Crippen LogP contribution in [-0.4, -0.2) is 10.9 Å². The Kier molecular flexibility index (Phi) is 4.98. The Hall–Kier alpha value is -2.88. The third-order valence-corrected chi connectivity index (χ3v) is 4.20. The summed E-state index contributed by atoms with van der Waals surface area (Å²) in [5.74, 6) is 1.27. The standard InChI is InChI=1S/C21H22N2O2/c1-14-7-9-17(10-8-14)18-13-22-20(25-18)12-11-19(24)23-21-15(2)5-4-6-16(21)3/h4-10,13H,11-12H2,1-3H3,(H,23,24). The number of aromatic nitrogens is 1. The Morgan fingerprint density at radius 3 is 2.40 bits per heavy atom. The van der Waals surface area contributed by atoms with E-state index in [0.717, 1.165) is 28.1 Å². The fourth-order valence-corrected chi connectivity index (χ4v) is 2.71. The number of benzene rings is 2. The normalized spacial score (nSPS) is 10.7. The molecule has 0 spiro atoms. The van der Waals surface area contributed by atoms with Crippen LogP contribution in [0.5, 0.6) is 0 Å². The van der Waals surface area contributed by atoms with Gasteiger partial charge >= 0.3 is 0 Å². The van der Waals surface area contributed by atoms with Crippen LogP contribution in [0.2, 0.25) is 0 Å². The number of carbonyl (C=O) groups excluding carboxylic acids is 1. The van der Waals surface area contributed by atoms with Crippen molar-refractivity contribution in [2.24, 2.45) is 0 Å². The highest BCUT2D eigenvalue weighted by atomic mass is 16.4. The average Bonchev–Trinajstić information content (AvgIpc) is 3.06. The van der Waals surface area contributed by atoms with Gasteiger partial charge in [-0.3, -0.25) is 4.79 Å². The zero-order chi connectivity index (χ0) is 17.8. The van der Waals surface area contributed by atoms with E-state index >= 15 is 0 Å². The maximum Gasteiger partial charge on any atom is 0.224 e. The number of aryl methyl sites for hydroxylation is 4. The second-order valence-electron chi connectivity index (χ2n) is 6.30. The summed E-state index contributed by atoms with van der Waals surface area (Å²) in [7, 11) is 0. The van der Waals surface area contributed by atoms with Crippen LogP contribution in [0.25, 0.3) is 11.3 Å². The highest BCUT2D eigenvalue weighted by molar-refractivity contribution is 5.92. The van der Waals surface area contributed by atoms with Crippen LogP contribution in [0.4, 0.5) is 5.69 Å². The Bertz CT molecular complexity index is 859. The number of hydrogen-bond donors (Lipinski definition) is 1. The molecule has 4 heteroatoms. The monoisotopic (exact) mass is 334 g/mol. The number of oxazole rings is 1. The largest absolute Gasteiger partial charge is 0.441 e. The van der Waals surface area contributed by atoms with Gasteiger partial charge in [-0.15, -0.1) is 0 Å². The lowest BCUT2D eigenvalue weighted by Gasteiger charge is -2.10. The number of nitrogens with one attached hydrogen (secondary N) is 1. The molecule has 0 aliphatic rings. The van der Waals surface area contributed by atoms with Gasteiger partial charge < -0.3 is 9.73 Å². The van der Waals surface area contributed by atoms with E-state index in [1.165, 1.54) is 5.56 Å². The van der Waals surface area contributed by atoms with Crippen molar-refractivity contribution in [3.8, 4) is 11.3 Å². The van der Waals surface area contributed by atoms with Crippen molar-refractivity contribution in [1.29, 1.82) is 0 Å². The van der Waals surface area contributed by atoms with Gasteiger partial charge in [0.15, 0.2) is 11.7 Å². The fourth-order valence-electron chi connectivity index (χ4n) is 2.71. The lowest BCUT2D eigenvalue weighted by Crippen LogP contribution is -2.14. The molecule has 0 radical (unpaired) electrons. The molecule has 0 saturated heterocycles. The van der Waals surface area contributed by atoms with Crippen molar-refractivity contribution in [2.75, 3.05) is 5.32 Å². The van der Waals surface area contributed by atoms with E-state index in [-0.39, 0.29) is 5.91 Å². The van der Waals surface area contributed by atoms with Gasteiger partial charge in [-0.2, -0.15) is 0 Å². The van der Waals surface area contributed by atoms with Gasteiger partial charge in [-0.25, -0.2) is 4.98 Å². The smallest absolute Gasteiger partial charge is 0.224 e. The fraction of sp³-hybridized carbons (Fsp3) is 0.238. The molecule has 0 bridgehead atoms. The molecule has 1 amide bonds. The number of hydrogen-bond acceptors (Lipinski definition) is 3. The van der Waals surface area contributed by atoms with Crippen LogP contribution in [0, 0.1) is 20.8 Å². The number of carbonyl (C=O) groups is 1. The highest BCUT2D eigenvalue weighted by Gasteiger charge is 2.11. The molecule has 2 aromatic carbocycles. The van der Waals surface area contributed by atoms with Crippen LogP contribution in [-0.2, 0) is 11.2 Å². The number of nitrogens with zero attached hydrogens (tertiary/aromatic N) is 1. The van der Waals surface area contributed by atoms with Gasteiger partial charge in [0.1, 0.15) is 0 Å². The predicted octanol–water partition coefficient (Wildman–Crippen LogP) is 4.84. The highest BCUT2D eigenvalue weighted by Crippen LogP contribution is 2.22. The average molecular weight is 334 g/mol. The predicted molar refractivity (Wildman–Crippen MR) is 99.5 cm³/mol. The van der Waals surface area contributed by atoms with Crippen LogP contribution >= 0.6 is 0 Å². The van der Waals surface area contributed by atoms with E-state index in [2.05, 4.69) is 10.3 Å². The summed E-state index contributed by atoms with van der Waals surface area (Å²) in [5, 5.41) is 2.99. The van der Waals surface area contributed by atoms with Crippen LogP contribution in [0.1, 0.15) is 29.0 Å². The summed E-state index contributed by atoms with van der Waals surface area (Å²) < 4.78 is 5.77. The lowest BCUT2D eigenvalue weighted by atomic mass is 10.1. The third kappa shape index (κ3) is 4.15. The van der Waals surface area contributed by atoms with E-state index < -0.39 is 0 Å². The van der Waals surface area contributed by atoms with Gasteiger partial charge in [-0.1, -0.05) is 48.0 Å². The topological polar surface area (TPSA) is 55.1 Å². The number of rotatable bonds is 5. The zero-order valence-electron chi connectivity index (χ0n) is 14.8. The molecule has 0 saturated carbocycles. The molecule has 4 nitrogen and oxygen atoms in total. The molecule has 3 rings (SSSR count). The van der Waals surface area contributed by atoms with Gasteiger partial charge in [0.25, 0.3) is 0 Å². The van der Waals surface area contributed by atoms with E-state index in [1.54, 1.807) is 6.20 Å². The minimum absolute atomic E-state index is 0.0347. The molecule has 128 valence electrons. The first kappa shape index (κ1) is 17.0. The van der Waals surface area contributed by atoms with Crippen molar-refractivity contribution in [3.05, 3.63) is 71.2 Å². The molecule has 0 unspecified atom stereocenters. The maximum atomic E-state index is 12.2. The summed E-state index contributed by atoms with van der Waals surface area (Å²) in [6, 6.07) is 14.1. The second kappa shape index (κ2) is 7.34. The molecule has 1 aromatic heterocycles. The van der Waals surface area contributed by atoms with Crippen LogP contribution in [0.15, 0.2) is 53.1 Å². The van der Waals surface area contributed by atoms with E-state index in [1.807, 2.05) is 63.2 Å². The van der Waals surface area contributed by atoms with Crippen molar-refractivity contribution >= 4 is 11.6 Å². The van der Waals surface area contributed by atoms with E-state index in [0.29, 0.717) is 18.7 Å². The van der Waals surface area contributed by atoms with Gasteiger partial charge in [0.05, 0.1) is 6.20 Å². The first-order valence-corrected chi connectivity index (χ1v) is 8.41. The lowest BCUT2D eigenvalue weighted by molar-refractivity contribution is -0.116. The maximum absolute atomic E-state index is 12.2. The molecule has 0 aliphatic heterocycles. The first-order valence-electron chi connectivity index (χ1n) is 8.41. The third-order valence-electron chi connectivity index (χ3n) is 4.20. The SMILES string of the molecule is Cc1ccc(-c2cnc(CCC(=O)Nc3c(C)cccc3C)o2)cc1. The van der Waals surface area contributed by atoms with Gasteiger partial charge in [0.2, 0.25) is 5.91 Å². The van der Waals surface area contributed by atoms with Crippen LogP contribution < -0.4 is 5.32 Å². The number of anilines is 1. The Morgan fingerprint density at radius 2 is 1.72 bits per heavy atom. The Labute approximate surface area is 147 Å². The molecule has 0 atom stereocenters. The molecule has 0 aliphatic carbocycles. The first-order chi connectivity index (χ1) is 12.0. The van der Waals surface area contributed by atoms with E-state index in [4.69, 9.17) is 4.42 Å². The van der Waals surface area contributed by atoms with Crippen molar-refractivity contribution in [3.63, 3.8) is 0 Å². The van der Waals surface area contributed by atoms with Crippen molar-refractivity contribution in [2.45, 2.75) is 33.6 Å². The van der Waals surface area contributed by atoms with E-state index in [9.17, 15) is 4.79 Å². The summed E-state index contributed by atoms with van der Waals surface area (Å²) >= 11 is 0. The molecular weight excluding hydrogens is 312 g/mol. The molecular formula is C21H22N2O2. The quantitative estimate of drug-likeness (QED) is 0.726. The summed E-state index contributed by atoms with van der Waals surface area (Å²) in [6.07, 6.45) is 2.52. The summed E-state index contributed by atoms with van der Waals surface area (Å²) in [6.45, 7) is 6.03. The zero-order valence-corrected chi connectivity index (χ0v) is 14.8. The number of amides is 1. The second-order valence-corrected chi connectivity index (χ2v) is 6.30. The molecule has 1 heterocycles. The molecule has 25 heavy (non-hydrogen) atoms. The Balaban J connectivity index is 1.60. The number of para-hydroxylation sites is 1. The van der Waals surface area contributed by atoms with Crippen LogP contribution in [0.3, 0.4) is 0 Å².